The second kappa shape index (κ2) is 6.22. The van der Waals surface area contributed by atoms with Gasteiger partial charge in [0.25, 0.3) is 0 Å². The summed E-state index contributed by atoms with van der Waals surface area (Å²) in [5.74, 6) is 0.527. The Balaban J connectivity index is 2.41. The molecule has 5 heteroatoms. The van der Waals surface area contributed by atoms with Gasteiger partial charge in [0.15, 0.2) is 0 Å². The van der Waals surface area contributed by atoms with Gasteiger partial charge in [0, 0.05) is 24.7 Å². The second-order valence-electron chi connectivity index (χ2n) is 5.96. The predicted molar refractivity (Wildman–Crippen MR) is 87.2 cm³/mol. The molecule has 0 bridgehead atoms. The lowest BCUT2D eigenvalue weighted by molar-refractivity contribution is -0.127. The predicted octanol–water partition coefficient (Wildman–Crippen LogP) is 2.97. The Morgan fingerprint density at radius 3 is 2.86 bits per heavy atom. The monoisotopic (exact) mass is 302 g/mol. The fraction of sp³-hybridized carbons (Fsp3) is 0.412. The molecule has 0 fully saturated rings. The quantitative estimate of drug-likeness (QED) is 0.870. The molecule has 0 spiro atoms. The molecule has 2 rings (SSSR count). The van der Waals surface area contributed by atoms with Gasteiger partial charge in [0.05, 0.1) is 11.1 Å². The van der Waals surface area contributed by atoms with Crippen LogP contribution in [0.25, 0.3) is 0 Å². The van der Waals surface area contributed by atoms with Gasteiger partial charge >= 0.3 is 0 Å². The maximum atomic E-state index is 12.7. The fourth-order valence-corrected chi connectivity index (χ4v) is 2.28. The number of amides is 2. The zero-order valence-corrected chi connectivity index (χ0v) is 13.3. The van der Waals surface area contributed by atoms with Gasteiger partial charge in [-0.25, -0.2) is 0 Å². The Kier molecular flexibility index (Phi) is 4.54. The first kappa shape index (κ1) is 16.1. The third kappa shape index (κ3) is 3.13. The van der Waals surface area contributed by atoms with Gasteiger partial charge in [-0.3, -0.25) is 9.59 Å². The lowest BCUT2D eigenvalue weighted by Gasteiger charge is -2.27. The van der Waals surface area contributed by atoms with E-state index in [0.29, 0.717) is 30.1 Å². The molecule has 22 heavy (non-hydrogen) atoms. The highest BCUT2D eigenvalue weighted by atomic mass is 16.5. The maximum Gasteiger partial charge on any atom is 0.236 e. The van der Waals surface area contributed by atoms with Crippen molar-refractivity contribution >= 4 is 23.2 Å². The molecule has 1 aliphatic heterocycles. The molecule has 2 amide bonds. The third-order valence-electron chi connectivity index (χ3n) is 3.58. The number of hydrogen-bond donors (Lipinski definition) is 1. The third-order valence-corrected chi connectivity index (χ3v) is 3.58. The molecule has 1 aromatic rings. The van der Waals surface area contributed by atoms with Crippen LogP contribution in [-0.4, -0.2) is 25.0 Å². The van der Waals surface area contributed by atoms with E-state index < -0.39 is 5.41 Å². The Labute approximate surface area is 130 Å². The number of fused-ring (bicyclic) bond motifs is 1. The van der Waals surface area contributed by atoms with E-state index >= 15 is 0 Å². The smallest absolute Gasteiger partial charge is 0.236 e. The van der Waals surface area contributed by atoms with Gasteiger partial charge in [-0.1, -0.05) is 13.0 Å². The number of anilines is 2. The zero-order valence-electron chi connectivity index (χ0n) is 13.3. The highest BCUT2D eigenvalue weighted by Crippen LogP contribution is 2.38. The lowest BCUT2D eigenvalue weighted by atomic mass is 9.93. The van der Waals surface area contributed by atoms with E-state index in [1.54, 1.807) is 36.1 Å². The summed E-state index contributed by atoms with van der Waals surface area (Å²) in [6, 6.07) is 5.33. The molecule has 0 aromatic heterocycles. The zero-order chi connectivity index (χ0) is 16.3. The second-order valence-corrected chi connectivity index (χ2v) is 5.96. The molecule has 1 heterocycles. The first-order valence-corrected chi connectivity index (χ1v) is 7.38. The van der Waals surface area contributed by atoms with Crippen LogP contribution in [0.3, 0.4) is 0 Å². The normalized spacial score (nSPS) is 16.3. The number of carbonyl (C=O) groups excluding carboxylic acids is 2. The highest BCUT2D eigenvalue weighted by molar-refractivity contribution is 6.00. The van der Waals surface area contributed by atoms with E-state index in [0.717, 1.165) is 0 Å². The van der Waals surface area contributed by atoms with Crippen LogP contribution < -0.4 is 15.0 Å². The SMILES string of the molecule is C=CCN1C(=O)C(C)(C)COc2cc(NC(=O)CC)ccc21. The lowest BCUT2D eigenvalue weighted by Crippen LogP contribution is -2.42. The fourth-order valence-electron chi connectivity index (χ4n) is 2.28. The number of rotatable bonds is 4. The van der Waals surface area contributed by atoms with Crippen molar-refractivity contribution in [1.82, 2.24) is 0 Å². The first-order chi connectivity index (χ1) is 10.4. The number of ether oxygens (including phenoxy) is 1. The van der Waals surface area contributed by atoms with E-state index in [9.17, 15) is 9.59 Å². The Hall–Kier alpha value is -2.30. The molecular weight excluding hydrogens is 280 g/mol. The van der Waals surface area contributed by atoms with Gasteiger partial charge in [-0.05, 0) is 26.0 Å². The van der Waals surface area contributed by atoms with E-state index in [4.69, 9.17) is 4.74 Å². The number of nitrogens with one attached hydrogen (secondary N) is 1. The Morgan fingerprint density at radius 2 is 2.23 bits per heavy atom. The summed E-state index contributed by atoms with van der Waals surface area (Å²) in [5.41, 5.74) is 0.746. The minimum absolute atomic E-state index is 0.00325. The van der Waals surface area contributed by atoms with Crippen LogP contribution in [0.5, 0.6) is 5.75 Å². The minimum atomic E-state index is -0.616. The van der Waals surface area contributed by atoms with Gasteiger partial charge < -0.3 is 15.0 Å². The van der Waals surface area contributed by atoms with Gasteiger partial charge in [0.2, 0.25) is 11.8 Å². The van der Waals surface area contributed by atoms with Crippen LogP contribution >= 0.6 is 0 Å². The van der Waals surface area contributed by atoms with E-state index in [-0.39, 0.29) is 18.4 Å². The topological polar surface area (TPSA) is 58.6 Å². The van der Waals surface area contributed by atoms with Crippen molar-refractivity contribution in [1.29, 1.82) is 0 Å². The summed E-state index contributed by atoms with van der Waals surface area (Å²) < 4.78 is 5.82. The molecule has 0 atom stereocenters. The molecule has 1 N–H and O–H groups in total. The average molecular weight is 302 g/mol. The van der Waals surface area contributed by atoms with Crippen molar-refractivity contribution in [3.63, 3.8) is 0 Å². The van der Waals surface area contributed by atoms with Crippen LogP contribution in [0.4, 0.5) is 11.4 Å². The molecule has 118 valence electrons. The highest BCUT2D eigenvalue weighted by Gasteiger charge is 2.37. The first-order valence-electron chi connectivity index (χ1n) is 7.38. The number of carbonyl (C=O) groups is 2. The largest absolute Gasteiger partial charge is 0.490 e. The Morgan fingerprint density at radius 1 is 1.50 bits per heavy atom. The van der Waals surface area contributed by atoms with Crippen molar-refractivity contribution in [3.05, 3.63) is 30.9 Å². The van der Waals surface area contributed by atoms with Crippen molar-refractivity contribution < 1.29 is 14.3 Å². The van der Waals surface area contributed by atoms with Crippen molar-refractivity contribution in [2.24, 2.45) is 5.41 Å². The minimum Gasteiger partial charge on any atom is -0.490 e. The number of benzene rings is 1. The summed E-state index contributed by atoms with van der Waals surface area (Å²) >= 11 is 0. The number of nitrogens with zero attached hydrogens (tertiary/aromatic N) is 1. The average Bonchev–Trinajstić information content (AvgIpc) is 2.58. The van der Waals surface area contributed by atoms with Crippen molar-refractivity contribution in [2.45, 2.75) is 27.2 Å². The molecule has 0 aliphatic carbocycles. The molecule has 1 aromatic carbocycles. The summed E-state index contributed by atoms with van der Waals surface area (Å²) in [4.78, 5) is 25.8. The van der Waals surface area contributed by atoms with Crippen LogP contribution in [0.2, 0.25) is 0 Å². The van der Waals surface area contributed by atoms with Crippen molar-refractivity contribution in [3.8, 4) is 5.75 Å². The van der Waals surface area contributed by atoms with Crippen LogP contribution in [0.1, 0.15) is 27.2 Å². The molecule has 0 saturated carbocycles. The Bertz CT molecular complexity index is 608. The van der Waals surface area contributed by atoms with Crippen LogP contribution in [0, 0.1) is 5.41 Å². The van der Waals surface area contributed by atoms with E-state index in [2.05, 4.69) is 11.9 Å². The van der Waals surface area contributed by atoms with Crippen LogP contribution in [0.15, 0.2) is 30.9 Å². The number of hydrogen-bond acceptors (Lipinski definition) is 3. The summed E-state index contributed by atoms with van der Waals surface area (Å²) in [6.07, 6.45) is 2.10. The molecule has 5 nitrogen and oxygen atoms in total. The molecule has 0 unspecified atom stereocenters. The molecule has 1 aliphatic rings. The summed E-state index contributed by atoms with van der Waals surface area (Å²) in [7, 11) is 0. The standard InChI is InChI=1S/C17H22N2O3/c1-5-9-19-13-8-7-12(18-15(20)6-2)10-14(13)22-11-17(3,4)16(19)21/h5,7-8,10H,1,6,9,11H2,2-4H3,(H,18,20). The maximum absolute atomic E-state index is 12.7. The van der Waals surface area contributed by atoms with E-state index in [1.807, 2.05) is 13.8 Å². The summed E-state index contributed by atoms with van der Waals surface area (Å²) in [6.45, 7) is 9.93. The van der Waals surface area contributed by atoms with Gasteiger partial charge in [-0.2, -0.15) is 0 Å². The van der Waals surface area contributed by atoms with Gasteiger partial charge in [0.1, 0.15) is 12.4 Å². The van der Waals surface area contributed by atoms with Gasteiger partial charge in [-0.15, -0.1) is 6.58 Å². The molecule has 0 radical (unpaired) electrons. The molecular formula is C17H22N2O3. The van der Waals surface area contributed by atoms with Crippen molar-refractivity contribution in [2.75, 3.05) is 23.4 Å². The van der Waals surface area contributed by atoms with Crippen LogP contribution in [-0.2, 0) is 9.59 Å². The summed E-state index contributed by atoms with van der Waals surface area (Å²) in [5, 5.41) is 2.80. The molecule has 0 saturated heterocycles. The van der Waals surface area contributed by atoms with E-state index in [1.165, 1.54) is 0 Å².